The van der Waals surface area contributed by atoms with Gasteiger partial charge in [-0.3, -0.25) is 4.57 Å². The summed E-state index contributed by atoms with van der Waals surface area (Å²) in [6, 6.07) is 0. The summed E-state index contributed by atoms with van der Waals surface area (Å²) in [6.07, 6.45) is 1.36. The Kier molecular flexibility index (Phi) is 1.82. The smallest absolute Gasteiger partial charge is 0.343 e. The molecule has 0 saturated heterocycles. The highest BCUT2D eigenvalue weighted by molar-refractivity contribution is 4.71. The number of aliphatic hydroxyl groups is 1. The van der Waals surface area contributed by atoms with Gasteiger partial charge in [-0.1, -0.05) is 0 Å². The van der Waals surface area contributed by atoms with Gasteiger partial charge in [-0.05, 0) is 13.8 Å². The van der Waals surface area contributed by atoms with Crippen LogP contribution in [0.25, 0.3) is 0 Å². The molecule has 0 aliphatic carbocycles. The second kappa shape index (κ2) is 2.50. The molecule has 1 heterocycles. The lowest BCUT2D eigenvalue weighted by Crippen LogP contribution is -2.31. The van der Waals surface area contributed by atoms with E-state index in [1.54, 1.807) is 13.8 Å². The third-order valence-corrected chi connectivity index (χ3v) is 1.18. The van der Waals surface area contributed by atoms with Crippen LogP contribution >= 0.6 is 0 Å². The Balaban J connectivity index is 2.80. The number of nitrogens with one attached hydrogen (secondary N) is 1. The van der Waals surface area contributed by atoms with Gasteiger partial charge in [0.15, 0.2) is 0 Å². The summed E-state index contributed by atoms with van der Waals surface area (Å²) in [5.74, 6) is 0. The number of aromatic nitrogens is 3. The Morgan fingerprint density at radius 2 is 2.45 bits per heavy atom. The van der Waals surface area contributed by atoms with Crippen LogP contribution in [-0.2, 0) is 6.54 Å². The van der Waals surface area contributed by atoms with E-state index in [0.717, 1.165) is 0 Å². The molecule has 0 aliphatic heterocycles. The van der Waals surface area contributed by atoms with Crippen molar-refractivity contribution in [1.29, 1.82) is 0 Å². The lowest BCUT2D eigenvalue weighted by Gasteiger charge is -2.15. The minimum Gasteiger partial charge on any atom is -0.389 e. The third kappa shape index (κ3) is 2.19. The van der Waals surface area contributed by atoms with Gasteiger partial charge in [0.2, 0.25) is 0 Å². The molecule has 0 atom stereocenters. The maximum absolute atomic E-state index is 10.8. The van der Waals surface area contributed by atoms with Crippen molar-refractivity contribution in [3.8, 4) is 0 Å². The van der Waals surface area contributed by atoms with Crippen LogP contribution in [0.5, 0.6) is 0 Å². The summed E-state index contributed by atoms with van der Waals surface area (Å²) in [5.41, 5.74) is -1.18. The van der Waals surface area contributed by atoms with Crippen LogP contribution in [0.3, 0.4) is 0 Å². The number of nitrogens with zero attached hydrogens (tertiary/aromatic N) is 2. The van der Waals surface area contributed by atoms with Crippen LogP contribution in [0, 0.1) is 0 Å². The fourth-order valence-corrected chi connectivity index (χ4v) is 0.800. The van der Waals surface area contributed by atoms with Gasteiger partial charge >= 0.3 is 5.69 Å². The molecule has 11 heavy (non-hydrogen) atoms. The normalized spacial score (nSPS) is 11.9. The first-order chi connectivity index (χ1) is 4.99. The molecule has 5 nitrogen and oxygen atoms in total. The second-order valence-electron chi connectivity index (χ2n) is 3.10. The number of aromatic amines is 1. The average Bonchev–Trinajstić information content (AvgIpc) is 2.12. The molecule has 0 bridgehead atoms. The summed E-state index contributed by atoms with van der Waals surface area (Å²) in [4.78, 5) is 10.8. The van der Waals surface area contributed by atoms with Gasteiger partial charge in [0.25, 0.3) is 0 Å². The largest absolute Gasteiger partial charge is 0.389 e. The molecular weight excluding hydrogens is 146 g/mol. The first kappa shape index (κ1) is 8.00. The Labute approximate surface area is 63.7 Å². The number of hydrogen-bond donors (Lipinski definition) is 2. The number of hydrogen-bond acceptors (Lipinski definition) is 3. The molecule has 1 rings (SSSR count). The van der Waals surface area contributed by atoms with Crippen LogP contribution in [0.15, 0.2) is 11.1 Å². The van der Waals surface area contributed by atoms with Gasteiger partial charge in [0.05, 0.1) is 12.1 Å². The van der Waals surface area contributed by atoms with Gasteiger partial charge in [0.1, 0.15) is 6.33 Å². The minimum atomic E-state index is -0.881. The highest BCUT2D eigenvalue weighted by Crippen LogP contribution is 2.01. The molecular formula is C6H11N3O2. The molecule has 5 heteroatoms. The van der Waals surface area contributed by atoms with Crippen molar-refractivity contribution in [2.45, 2.75) is 26.0 Å². The molecule has 0 aromatic carbocycles. The molecule has 2 N–H and O–H groups in total. The molecule has 0 amide bonds. The lowest BCUT2D eigenvalue weighted by molar-refractivity contribution is 0.0604. The molecule has 1 aromatic rings. The molecule has 0 saturated carbocycles. The van der Waals surface area contributed by atoms with E-state index < -0.39 is 5.60 Å². The Hall–Kier alpha value is -1.10. The zero-order valence-electron chi connectivity index (χ0n) is 6.53. The topological polar surface area (TPSA) is 70.9 Å². The molecule has 62 valence electrons. The van der Waals surface area contributed by atoms with Gasteiger partial charge < -0.3 is 5.11 Å². The van der Waals surface area contributed by atoms with E-state index in [1.807, 2.05) is 0 Å². The van der Waals surface area contributed by atoms with Crippen LogP contribution in [0.2, 0.25) is 0 Å². The average molecular weight is 157 g/mol. The van der Waals surface area contributed by atoms with E-state index in [4.69, 9.17) is 0 Å². The predicted molar refractivity (Wildman–Crippen MR) is 39.1 cm³/mol. The summed E-state index contributed by atoms with van der Waals surface area (Å²) < 4.78 is 1.32. The molecule has 0 aliphatic rings. The van der Waals surface area contributed by atoms with Crippen molar-refractivity contribution in [3.63, 3.8) is 0 Å². The Bertz CT molecular complexity index is 281. The van der Waals surface area contributed by atoms with E-state index in [-0.39, 0.29) is 12.2 Å². The highest BCUT2D eigenvalue weighted by atomic mass is 16.3. The zero-order chi connectivity index (χ0) is 8.48. The van der Waals surface area contributed by atoms with Crippen LogP contribution in [0.1, 0.15) is 13.8 Å². The van der Waals surface area contributed by atoms with Crippen molar-refractivity contribution in [2.75, 3.05) is 0 Å². The molecule has 0 unspecified atom stereocenters. The standard InChI is InChI=1S/C6H11N3O2/c1-6(2,11)3-9-4-7-8-5(9)10/h4,11H,3H2,1-2H3,(H,8,10). The van der Waals surface area contributed by atoms with Crippen molar-refractivity contribution in [3.05, 3.63) is 16.8 Å². The second-order valence-corrected chi connectivity index (χ2v) is 3.10. The van der Waals surface area contributed by atoms with E-state index in [2.05, 4.69) is 10.2 Å². The summed E-state index contributed by atoms with van der Waals surface area (Å²) in [5, 5.41) is 15.1. The van der Waals surface area contributed by atoms with Crippen LogP contribution in [-0.4, -0.2) is 25.5 Å². The Morgan fingerprint density at radius 1 is 1.82 bits per heavy atom. The van der Waals surface area contributed by atoms with E-state index in [1.165, 1.54) is 10.9 Å². The van der Waals surface area contributed by atoms with E-state index >= 15 is 0 Å². The van der Waals surface area contributed by atoms with Crippen molar-refractivity contribution in [1.82, 2.24) is 14.8 Å². The van der Waals surface area contributed by atoms with Crippen molar-refractivity contribution < 1.29 is 5.11 Å². The van der Waals surface area contributed by atoms with Crippen LogP contribution in [0.4, 0.5) is 0 Å². The summed E-state index contributed by atoms with van der Waals surface area (Å²) in [6.45, 7) is 3.52. The van der Waals surface area contributed by atoms with Crippen molar-refractivity contribution >= 4 is 0 Å². The fraction of sp³-hybridized carbons (Fsp3) is 0.667. The molecule has 0 fully saturated rings. The molecule has 0 spiro atoms. The highest BCUT2D eigenvalue weighted by Gasteiger charge is 2.14. The van der Waals surface area contributed by atoms with E-state index in [9.17, 15) is 9.90 Å². The van der Waals surface area contributed by atoms with Gasteiger partial charge in [-0.2, -0.15) is 5.10 Å². The number of H-pyrrole nitrogens is 1. The Morgan fingerprint density at radius 3 is 2.82 bits per heavy atom. The van der Waals surface area contributed by atoms with Gasteiger partial charge in [0, 0.05) is 0 Å². The zero-order valence-corrected chi connectivity index (χ0v) is 6.53. The third-order valence-electron chi connectivity index (χ3n) is 1.18. The first-order valence-corrected chi connectivity index (χ1v) is 3.31. The number of rotatable bonds is 2. The van der Waals surface area contributed by atoms with Crippen molar-refractivity contribution in [2.24, 2.45) is 0 Å². The summed E-state index contributed by atoms with van der Waals surface area (Å²) >= 11 is 0. The quantitative estimate of drug-likeness (QED) is 0.598. The minimum absolute atomic E-state index is 0.252. The maximum Gasteiger partial charge on any atom is 0.343 e. The molecule has 0 radical (unpaired) electrons. The monoisotopic (exact) mass is 157 g/mol. The predicted octanol–water partition coefficient (Wildman–Crippen LogP) is -0.658. The molecule has 1 aromatic heterocycles. The van der Waals surface area contributed by atoms with Gasteiger partial charge in [-0.15, -0.1) is 0 Å². The fourth-order valence-electron chi connectivity index (χ4n) is 0.800. The SMILES string of the molecule is CC(C)(O)Cn1cn[nH]c1=O. The first-order valence-electron chi connectivity index (χ1n) is 3.31. The maximum atomic E-state index is 10.8. The van der Waals surface area contributed by atoms with Gasteiger partial charge in [-0.25, -0.2) is 9.89 Å². The van der Waals surface area contributed by atoms with E-state index in [0.29, 0.717) is 0 Å². The summed E-state index contributed by atoms with van der Waals surface area (Å²) in [7, 11) is 0. The van der Waals surface area contributed by atoms with Crippen LogP contribution < -0.4 is 5.69 Å². The lowest BCUT2D eigenvalue weighted by atomic mass is 10.1.